The van der Waals surface area contributed by atoms with Crippen molar-refractivity contribution in [1.29, 1.82) is 0 Å². The van der Waals surface area contributed by atoms with Crippen molar-refractivity contribution in [3.05, 3.63) is 47.1 Å². The van der Waals surface area contributed by atoms with Gasteiger partial charge in [0.15, 0.2) is 0 Å². The van der Waals surface area contributed by atoms with Gasteiger partial charge in [-0.2, -0.15) is 11.6 Å². The Hall–Kier alpha value is 0.293. The minimum absolute atomic E-state index is 0. The summed E-state index contributed by atoms with van der Waals surface area (Å²) < 4.78 is 1.80. The van der Waals surface area contributed by atoms with E-state index in [9.17, 15) is 0 Å². The van der Waals surface area contributed by atoms with Crippen LogP contribution in [0, 0.1) is 6.08 Å². The molecule has 0 radical (unpaired) electrons. The predicted octanol–water partition coefficient (Wildman–Crippen LogP) is -1.37. The second-order valence-electron chi connectivity index (χ2n) is 5.11. The van der Waals surface area contributed by atoms with Gasteiger partial charge in [-0.25, -0.2) is 5.57 Å². The molecule has 0 aromatic carbocycles. The van der Waals surface area contributed by atoms with Gasteiger partial charge in [0, 0.05) is 0 Å². The molecular formula is C17H21Cl2Zr-. The maximum atomic E-state index is 3.30. The molecule has 0 nitrogen and oxygen atoms in total. The van der Waals surface area contributed by atoms with Crippen LogP contribution in [0.3, 0.4) is 0 Å². The Kier molecular flexibility index (Phi) is 11.1. The van der Waals surface area contributed by atoms with Crippen LogP contribution in [0.4, 0.5) is 0 Å². The molecule has 3 aliphatic rings. The summed E-state index contributed by atoms with van der Waals surface area (Å²) in [7, 11) is 0. The summed E-state index contributed by atoms with van der Waals surface area (Å²) in [5, 5.41) is 0. The standard InChI is InChI=1S/C11H11.C6H10.2ClH.Zr/c1-9-5-4-8-11(9)10-6-2-3-7-10;1-2-4-6-5-3-1;;;/h2-3,6,8H,4,7H2,1H3;1-5H2;2*1H;/q-1;;;;+2/p-2. The predicted molar refractivity (Wildman–Crippen MR) is 75.1 cm³/mol. The Bertz CT molecular complexity index is 434. The first kappa shape index (κ1) is 20.3. The van der Waals surface area contributed by atoms with Crippen molar-refractivity contribution in [2.75, 3.05) is 0 Å². The Labute approximate surface area is 150 Å². The van der Waals surface area contributed by atoms with Crippen LogP contribution in [-0.4, -0.2) is 3.21 Å². The molecule has 0 N–H and O–H groups in total. The van der Waals surface area contributed by atoms with Crippen molar-refractivity contribution in [1.82, 2.24) is 0 Å². The van der Waals surface area contributed by atoms with Gasteiger partial charge < -0.3 is 24.8 Å². The number of hydrogen-bond acceptors (Lipinski definition) is 0. The number of allylic oxidation sites excluding steroid dienone is 8. The van der Waals surface area contributed by atoms with Gasteiger partial charge in [-0.05, 0) is 6.42 Å². The topological polar surface area (TPSA) is 0 Å². The summed E-state index contributed by atoms with van der Waals surface area (Å²) in [5.74, 6) is 0. The van der Waals surface area contributed by atoms with Crippen LogP contribution in [-0.2, 0) is 24.2 Å². The van der Waals surface area contributed by atoms with Crippen molar-refractivity contribution >= 4 is 3.21 Å². The molecule has 0 amide bonds. The van der Waals surface area contributed by atoms with Crippen LogP contribution < -0.4 is 24.8 Å². The molecule has 3 rings (SSSR count). The fraction of sp³-hybridized carbons (Fsp3) is 0.471. The van der Waals surface area contributed by atoms with E-state index in [-0.39, 0.29) is 24.8 Å². The van der Waals surface area contributed by atoms with Gasteiger partial charge in [0.25, 0.3) is 0 Å². The fourth-order valence-electron chi connectivity index (χ4n) is 2.55. The second-order valence-corrected chi connectivity index (χ2v) is 6.85. The van der Waals surface area contributed by atoms with E-state index in [1.54, 1.807) is 27.4 Å². The zero-order valence-electron chi connectivity index (χ0n) is 12.0. The molecule has 0 unspecified atom stereocenters. The van der Waals surface area contributed by atoms with Gasteiger partial charge in [-0.15, -0.1) is 12.0 Å². The molecule has 1 fully saturated rings. The van der Waals surface area contributed by atoms with Crippen LogP contribution in [0.2, 0.25) is 0 Å². The van der Waals surface area contributed by atoms with E-state index in [2.05, 4.69) is 37.3 Å². The summed E-state index contributed by atoms with van der Waals surface area (Å²) in [6.45, 7) is 2.14. The van der Waals surface area contributed by atoms with Gasteiger partial charge in [0.1, 0.15) is 0 Å². The molecule has 1 saturated carbocycles. The average molecular weight is 387 g/mol. The molecule has 0 saturated heterocycles. The van der Waals surface area contributed by atoms with Crippen LogP contribution in [0.25, 0.3) is 0 Å². The Balaban J connectivity index is 0.000000356. The molecule has 3 heteroatoms. The summed E-state index contributed by atoms with van der Waals surface area (Å²) in [6.07, 6.45) is 21.5. The van der Waals surface area contributed by atoms with E-state index >= 15 is 0 Å². The first-order valence-electron chi connectivity index (χ1n) is 6.97. The van der Waals surface area contributed by atoms with Crippen molar-refractivity contribution in [2.45, 2.75) is 51.9 Å². The van der Waals surface area contributed by atoms with E-state index in [4.69, 9.17) is 0 Å². The zero-order chi connectivity index (χ0) is 12.8. The van der Waals surface area contributed by atoms with E-state index < -0.39 is 0 Å². The molecule has 0 bridgehead atoms. The van der Waals surface area contributed by atoms with Gasteiger partial charge >= 0.3 is 59.5 Å². The van der Waals surface area contributed by atoms with E-state index in [1.807, 2.05) is 0 Å². The maximum absolute atomic E-state index is 3.30. The van der Waals surface area contributed by atoms with E-state index in [0.29, 0.717) is 0 Å². The molecule has 20 heavy (non-hydrogen) atoms. The molecule has 0 heterocycles. The number of halogens is 2. The van der Waals surface area contributed by atoms with Gasteiger partial charge in [-0.1, -0.05) is 25.2 Å². The summed E-state index contributed by atoms with van der Waals surface area (Å²) in [4.78, 5) is 0. The third kappa shape index (κ3) is 6.38. The first-order valence-corrected chi connectivity index (χ1v) is 8.20. The van der Waals surface area contributed by atoms with Gasteiger partial charge in [0.05, 0.1) is 0 Å². The summed E-state index contributed by atoms with van der Waals surface area (Å²) >= 11 is 1.69. The number of hydrogen-bond donors (Lipinski definition) is 0. The van der Waals surface area contributed by atoms with Crippen molar-refractivity contribution in [2.24, 2.45) is 0 Å². The zero-order valence-corrected chi connectivity index (χ0v) is 16.0. The third-order valence-electron chi connectivity index (χ3n) is 3.65. The average Bonchev–Trinajstić information content (AvgIpc) is 3.01. The number of rotatable bonds is 1. The molecule has 0 aromatic heterocycles. The molecule has 0 spiro atoms. The summed E-state index contributed by atoms with van der Waals surface area (Å²) in [6, 6.07) is 0. The first-order chi connectivity index (χ1) is 8.77. The van der Waals surface area contributed by atoms with Crippen LogP contribution in [0.5, 0.6) is 0 Å². The molecule has 108 valence electrons. The SMILES string of the molecule is CC1=[C-]CC=C1C1=CC=CC1.[Cl-].[Cl-].[Zr+2]=[C]1CCCCC1. The Morgan fingerprint density at radius 1 is 1.10 bits per heavy atom. The normalized spacial score (nSPS) is 19.9. The van der Waals surface area contributed by atoms with E-state index in [0.717, 1.165) is 12.8 Å². The fourth-order valence-corrected chi connectivity index (χ4v) is 3.42. The quantitative estimate of drug-likeness (QED) is 0.487. The Morgan fingerprint density at radius 2 is 1.80 bits per heavy atom. The molecule has 0 aromatic rings. The van der Waals surface area contributed by atoms with E-state index in [1.165, 1.54) is 48.8 Å². The molecular weight excluding hydrogens is 366 g/mol. The second kappa shape index (κ2) is 10.9. The minimum atomic E-state index is 0. The van der Waals surface area contributed by atoms with Crippen LogP contribution in [0.15, 0.2) is 41.0 Å². The van der Waals surface area contributed by atoms with Crippen molar-refractivity contribution in [3.63, 3.8) is 0 Å². The summed E-state index contributed by atoms with van der Waals surface area (Å²) in [5.41, 5.74) is 4.18. The van der Waals surface area contributed by atoms with Crippen molar-refractivity contribution < 1.29 is 49.0 Å². The monoisotopic (exact) mass is 385 g/mol. The Morgan fingerprint density at radius 3 is 2.20 bits per heavy atom. The van der Waals surface area contributed by atoms with Crippen molar-refractivity contribution in [3.8, 4) is 0 Å². The molecule has 0 atom stereocenters. The molecule has 0 aliphatic heterocycles. The van der Waals surface area contributed by atoms with Gasteiger partial charge in [0.2, 0.25) is 0 Å². The third-order valence-corrected chi connectivity index (χ3v) is 4.88. The van der Waals surface area contributed by atoms with Crippen LogP contribution in [0.1, 0.15) is 51.9 Å². The van der Waals surface area contributed by atoms with Gasteiger partial charge in [-0.3, -0.25) is 6.08 Å². The molecule has 3 aliphatic carbocycles. The van der Waals surface area contributed by atoms with Crippen LogP contribution >= 0.6 is 0 Å².